The first-order valence-corrected chi connectivity index (χ1v) is 9.35. The highest BCUT2D eigenvalue weighted by Crippen LogP contribution is 2.25. The third kappa shape index (κ3) is 4.14. The van der Waals surface area contributed by atoms with Crippen LogP contribution in [0.2, 0.25) is 0 Å². The summed E-state index contributed by atoms with van der Waals surface area (Å²) in [5, 5.41) is 10.4. The molecule has 26 heavy (non-hydrogen) atoms. The number of aromatic amines is 1. The van der Waals surface area contributed by atoms with Gasteiger partial charge in [0.05, 0.1) is 5.25 Å². The number of rotatable bonds is 5. The van der Waals surface area contributed by atoms with Crippen LogP contribution in [-0.4, -0.2) is 26.3 Å². The topological polar surface area (TPSA) is 70.7 Å². The van der Waals surface area contributed by atoms with E-state index in [0.29, 0.717) is 11.0 Å². The maximum atomic E-state index is 12.5. The van der Waals surface area contributed by atoms with Gasteiger partial charge in [-0.1, -0.05) is 59.8 Å². The highest BCUT2D eigenvalue weighted by atomic mass is 32.2. The normalized spacial score (nSPS) is 12.0. The molecule has 3 rings (SSSR count). The van der Waals surface area contributed by atoms with Gasteiger partial charge < -0.3 is 5.32 Å². The predicted octanol–water partition coefficient (Wildman–Crippen LogP) is 4.52. The van der Waals surface area contributed by atoms with Crippen LogP contribution >= 0.6 is 11.8 Å². The van der Waals surface area contributed by atoms with E-state index in [1.807, 2.05) is 70.2 Å². The molecule has 0 fully saturated rings. The number of para-hydroxylation sites is 1. The zero-order valence-electron chi connectivity index (χ0n) is 15.3. The summed E-state index contributed by atoms with van der Waals surface area (Å²) in [6, 6.07) is 14.0. The first-order valence-electron chi connectivity index (χ1n) is 8.47. The van der Waals surface area contributed by atoms with Gasteiger partial charge in [-0.2, -0.15) is 0 Å². The molecule has 0 saturated heterocycles. The van der Waals surface area contributed by atoms with Crippen LogP contribution < -0.4 is 5.32 Å². The van der Waals surface area contributed by atoms with Crippen LogP contribution in [0.15, 0.2) is 47.6 Å². The van der Waals surface area contributed by atoms with Crippen LogP contribution in [0.1, 0.15) is 23.6 Å². The van der Waals surface area contributed by atoms with Crippen molar-refractivity contribution in [1.82, 2.24) is 15.2 Å². The summed E-state index contributed by atoms with van der Waals surface area (Å²) >= 11 is 1.34. The Kier molecular flexibility index (Phi) is 5.42. The second-order valence-corrected chi connectivity index (χ2v) is 7.66. The quantitative estimate of drug-likeness (QED) is 0.652. The van der Waals surface area contributed by atoms with Crippen molar-refractivity contribution in [3.8, 4) is 11.4 Å². The van der Waals surface area contributed by atoms with Crippen LogP contribution in [-0.2, 0) is 4.79 Å². The molecule has 6 heteroatoms. The molecule has 134 valence electrons. The lowest BCUT2D eigenvalue weighted by Gasteiger charge is -2.14. The lowest BCUT2D eigenvalue weighted by atomic mass is 10.1. The van der Waals surface area contributed by atoms with Crippen molar-refractivity contribution < 1.29 is 4.79 Å². The molecular weight excluding hydrogens is 344 g/mol. The molecule has 0 saturated carbocycles. The number of carbonyl (C=O) groups excluding carboxylic acids is 1. The number of H-pyrrole nitrogens is 1. The lowest BCUT2D eigenvalue weighted by Crippen LogP contribution is -2.23. The largest absolute Gasteiger partial charge is 0.325 e. The minimum Gasteiger partial charge on any atom is -0.325 e. The zero-order chi connectivity index (χ0) is 18.7. The van der Waals surface area contributed by atoms with Crippen molar-refractivity contribution >= 4 is 23.4 Å². The highest BCUT2D eigenvalue weighted by Gasteiger charge is 2.18. The molecule has 1 aromatic heterocycles. The minimum atomic E-state index is -0.310. The lowest BCUT2D eigenvalue weighted by molar-refractivity contribution is -0.115. The van der Waals surface area contributed by atoms with Gasteiger partial charge in [0.15, 0.2) is 5.82 Å². The number of nitrogens with zero attached hydrogens (tertiary/aromatic N) is 2. The third-order valence-corrected chi connectivity index (χ3v) is 5.13. The van der Waals surface area contributed by atoms with Gasteiger partial charge in [0, 0.05) is 11.3 Å². The Morgan fingerprint density at radius 1 is 1.08 bits per heavy atom. The Morgan fingerprint density at radius 2 is 1.73 bits per heavy atom. The van der Waals surface area contributed by atoms with E-state index in [1.54, 1.807) is 0 Å². The molecule has 1 heterocycles. The van der Waals surface area contributed by atoms with Crippen molar-refractivity contribution in [2.75, 3.05) is 5.32 Å². The standard InChI is InChI=1S/C20H22N4OS/c1-12-8-10-16(11-9-12)18-22-20(24-23-18)26-15(4)19(25)21-17-13(2)6-5-7-14(17)3/h5-11,15H,1-4H3,(H,21,25)(H,22,23,24). The van der Waals surface area contributed by atoms with Gasteiger partial charge in [0.25, 0.3) is 0 Å². The maximum absolute atomic E-state index is 12.5. The maximum Gasteiger partial charge on any atom is 0.237 e. The van der Waals surface area contributed by atoms with Crippen molar-refractivity contribution in [1.29, 1.82) is 0 Å². The fourth-order valence-electron chi connectivity index (χ4n) is 2.59. The van der Waals surface area contributed by atoms with Crippen LogP contribution in [0, 0.1) is 20.8 Å². The van der Waals surface area contributed by atoms with E-state index in [0.717, 1.165) is 22.4 Å². The van der Waals surface area contributed by atoms with Gasteiger partial charge in [0.1, 0.15) is 0 Å². The van der Waals surface area contributed by atoms with Gasteiger partial charge in [-0.15, -0.1) is 5.10 Å². The van der Waals surface area contributed by atoms with Crippen LogP contribution in [0.25, 0.3) is 11.4 Å². The first-order chi connectivity index (χ1) is 12.4. The summed E-state index contributed by atoms with van der Waals surface area (Å²) in [6.45, 7) is 7.88. The van der Waals surface area contributed by atoms with Gasteiger partial charge in [0.2, 0.25) is 11.1 Å². The van der Waals surface area contributed by atoms with Crippen LogP contribution in [0.3, 0.4) is 0 Å². The second-order valence-electron chi connectivity index (χ2n) is 6.35. The molecule has 2 aromatic carbocycles. The van der Waals surface area contributed by atoms with Crippen molar-refractivity contribution in [3.63, 3.8) is 0 Å². The Hall–Kier alpha value is -2.60. The number of amides is 1. The number of carbonyl (C=O) groups is 1. The molecule has 5 nitrogen and oxygen atoms in total. The molecule has 0 radical (unpaired) electrons. The van der Waals surface area contributed by atoms with Crippen LogP contribution in [0.4, 0.5) is 5.69 Å². The number of aromatic nitrogens is 3. The molecule has 0 aliphatic rings. The van der Waals surface area contributed by atoms with Gasteiger partial charge in [-0.3, -0.25) is 9.89 Å². The van der Waals surface area contributed by atoms with Crippen LogP contribution in [0.5, 0.6) is 0 Å². The number of hydrogen-bond acceptors (Lipinski definition) is 4. The van der Waals surface area contributed by atoms with Crippen molar-refractivity contribution in [2.45, 2.75) is 38.1 Å². The van der Waals surface area contributed by atoms with E-state index in [4.69, 9.17) is 0 Å². The van der Waals surface area contributed by atoms with E-state index >= 15 is 0 Å². The van der Waals surface area contributed by atoms with E-state index in [9.17, 15) is 4.79 Å². The third-order valence-electron chi connectivity index (χ3n) is 4.17. The molecule has 0 aliphatic carbocycles. The monoisotopic (exact) mass is 366 g/mol. The number of nitrogens with one attached hydrogen (secondary N) is 2. The second kappa shape index (κ2) is 7.74. The van der Waals surface area contributed by atoms with E-state index < -0.39 is 0 Å². The molecule has 1 unspecified atom stereocenters. The Bertz CT molecular complexity index is 898. The highest BCUT2D eigenvalue weighted by molar-refractivity contribution is 8.00. The number of anilines is 1. The van der Waals surface area contributed by atoms with E-state index in [2.05, 4.69) is 20.5 Å². The fourth-order valence-corrected chi connectivity index (χ4v) is 3.31. The number of benzene rings is 2. The molecule has 2 N–H and O–H groups in total. The molecule has 1 amide bonds. The number of thioether (sulfide) groups is 1. The summed E-state index contributed by atoms with van der Waals surface area (Å²) in [5.74, 6) is 0.643. The summed E-state index contributed by atoms with van der Waals surface area (Å²) < 4.78 is 0. The smallest absolute Gasteiger partial charge is 0.237 e. The van der Waals surface area contributed by atoms with Crippen molar-refractivity contribution in [3.05, 3.63) is 59.2 Å². The summed E-state index contributed by atoms with van der Waals surface area (Å²) in [6.07, 6.45) is 0. The Balaban J connectivity index is 1.67. The average Bonchev–Trinajstić information content (AvgIpc) is 3.07. The predicted molar refractivity (Wildman–Crippen MR) is 106 cm³/mol. The molecule has 0 spiro atoms. The van der Waals surface area contributed by atoms with E-state index in [-0.39, 0.29) is 11.2 Å². The Morgan fingerprint density at radius 3 is 2.38 bits per heavy atom. The zero-order valence-corrected chi connectivity index (χ0v) is 16.1. The minimum absolute atomic E-state index is 0.0610. The van der Waals surface area contributed by atoms with Gasteiger partial charge in [-0.05, 0) is 38.8 Å². The molecule has 0 bridgehead atoms. The molecule has 1 atom stereocenters. The molecule has 0 aliphatic heterocycles. The summed E-state index contributed by atoms with van der Waals surface area (Å²) in [4.78, 5) is 17.0. The molecule has 3 aromatic rings. The Labute approximate surface area is 157 Å². The molecular formula is C20H22N4OS. The van der Waals surface area contributed by atoms with Gasteiger partial charge in [-0.25, -0.2) is 4.98 Å². The number of hydrogen-bond donors (Lipinski definition) is 2. The summed E-state index contributed by atoms with van der Waals surface area (Å²) in [7, 11) is 0. The average molecular weight is 366 g/mol. The first kappa shape index (κ1) is 18.2. The van der Waals surface area contributed by atoms with E-state index in [1.165, 1.54) is 17.3 Å². The SMILES string of the molecule is Cc1ccc(-c2nc(SC(C)C(=O)Nc3c(C)cccc3C)n[nH]2)cc1. The van der Waals surface area contributed by atoms with Crippen molar-refractivity contribution in [2.24, 2.45) is 0 Å². The fraction of sp³-hybridized carbons (Fsp3) is 0.250. The summed E-state index contributed by atoms with van der Waals surface area (Å²) in [5.41, 5.74) is 5.15. The number of aryl methyl sites for hydroxylation is 3. The van der Waals surface area contributed by atoms with Gasteiger partial charge >= 0.3 is 0 Å².